The minimum absolute atomic E-state index is 0.772. The van der Waals surface area contributed by atoms with Crippen molar-refractivity contribution >= 4 is 30.4 Å². The van der Waals surface area contributed by atoms with Crippen LogP contribution in [0.25, 0.3) is 0 Å². The molecule has 0 atom stereocenters. The Morgan fingerprint density at radius 2 is 1.94 bits per heavy atom. The van der Waals surface area contributed by atoms with Crippen LogP contribution in [-0.4, -0.2) is 14.7 Å². The quantitative estimate of drug-likeness (QED) is 0.608. The average molecular weight is 366 g/mol. The van der Waals surface area contributed by atoms with Crippen LogP contribution in [0.2, 0.25) is 0 Å². The predicted molar refractivity (Wildman–Crippen MR) is 77.8 cm³/mol. The van der Waals surface area contributed by atoms with Crippen molar-refractivity contribution in [3.8, 4) is 9.85 Å². The Bertz CT molecular complexity index is 500. The second kappa shape index (κ2) is 6.99. The van der Waals surface area contributed by atoms with Gasteiger partial charge in [-0.25, -0.2) is 0 Å². The molecule has 5 heteroatoms. The van der Waals surface area contributed by atoms with Crippen molar-refractivity contribution in [1.29, 1.82) is 0 Å². The number of unbranched alkanes of at least 4 members (excludes halogenated alkanes) is 1. The molecule has 3 nitrogen and oxygen atoms in total. The van der Waals surface area contributed by atoms with Crippen molar-refractivity contribution in [3.63, 3.8) is 0 Å². The van der Waals surface area contributed by atoms with Gasteiger partial charge < -0.3 is 0 Å². The molecule has 94 valence electrons. The molecule has 0 amide bonds. The van der Waals surface area contributed by atoms with Crippen LogP contribution in [0, 0.1) is 13.4 Å². The zero-order chi connectivity index (χ0) is 12.7. The van der Waals surface area contributed by atoms with Crippen LogP contribution in [0.1, 0.15) is 19.8 Å². The average Bonchev–Trinajstić information content (AvgIpc) is 2.28. The van der Waals surface area contributed by atoms with E-state index < -0.39 is 30.4 Å². The molecule has 0 saturated carbocycles. The molecule has 1 rings (SSSR count). The van der Waals surface area contributed by atoms with Gasteiger partial charge in [0.2, 0.25) is 0 Å². The van der Waals surface area contributed by atoms with Crippen LogP contribution >= 0.6 is 20.2 Å². The summed E-state index contributed by atoms with van der Waals surface area (Å²) in [4.78, 5) is 0. The summed E-state index contributed by atoms with van der Waals surface area (Å²) in [6.07, 6.45) is 2.81. The van der Waals surface area contributed by atoms with E-state index >= 15 is 0 Å². The Kier molecular flexibility index (Phi) is 5.95. The van der Waals surface area contributed by atoms with E-state index in [0.717, 1.165) is 22.7 Å². The molecule has 0 bridgehead atoms. The molecule has 0 saturated heterocycles. The Balaban J connectivity index is 2.92. The summed E-state index contributed by atoms with van der Waals surface area (Å²) in [7, 11) is -3.44. The summed E-state index contributed by atoms with van der Waals surface area (Å²) in [5.41, 5.74) is 0. The van der Waals surface area contributed by atoms with Crippen LogP contribution in [0.15, 0.2) is 30.3 Å². The zero-order valence-corrected chi connectivity index (χ0v) is 12.8. The molecule has 0 N–H and O–H groups in total. The van der Waals surface area contributed by atoms with Gasteiger partial charge in [-0.15, -0.1) is 0 Å². The van der Waals surface area contributed by atoms with Crippen molar-refractivity contribution in [2.75, 3.05) is 6.26 Å². The van der Waals surface area contributed by atoms with E-state index in [0.29, 0.717) is 0 Å². The fraction of sp³-hybridized carbons (Fsp3) is 0.333. The molecule has 1 aromatic carbocycles. The van der Waals surface area contributed by atoms with Gasteiger partial charge in [-0.1, -0.05) is 0 Å². The molecule has 17 heavy (non-hydrogen) atoms. The Labute approximate surface area is 111 Å². The third-order valence-electron chi connectivity index (χ3n) is 1.64. The van der Waals surface area contributed by atoms with Gasteiger partial charge in [-0.3, -0.25) is 0 Å². The third-order valence-corrected chi connectivity index (χ3v) is 7.75. The Morgan fingerprint density at radius 3 is 2.47 bits per heavy atom. The molecule has 0 heterocycles. The Hall–Kier alpha value is -0.580. The third kappa shape index (κ3) is 6.05. The standard InChI is InChI=1S/C12H15IO3S/c1-3-4-8-11-13(16-17(2,14)15)12-9-6-5-7-10-12/h5-7,9-10H,3-4H2,1-2H3. The van der Waals surface area contributed by atoms with Crippen molar-refractivity contribution in [2.24, 2.45) is 0 Å². The maximum atomic E-state index is 11.2. The molecular formula is C12H15IO3S. The van der Waals surface area contributed by atoms with Crippen molar-refractivity contribution in [1.82, 2.24) is 0 Å². The molecule has 0 aliphatic heterocycles. The van der Waals surface area contributed by atoms with Gasteiger partial charge >= 0.3 is 111 Å². The maximum absolute atomic E-state index is 11.2. The fourth-order valence-corrected chi connectivity index (χ4v) is 6.16. The van der Waals surface area contributed by atoms with Crippen molar-refractivity contribution in [2.45, 2.75) is 19.8 Å². The van der Waals surface area contributed by atoms with Gasteiger partial charge in [0.1, 0.15) is 0 Å². The normalized spacial score (nSPS) is 11.5. The molecule has 0 aromatic heterocycles. The number of hydrogen-bond donors (Lipinski definition) is 0. The van der Waals surface area contributed by atoms with Crippen LogP contribution in [0.3, 0.4) is 0 Å². The van der Waals surface area contributed by atoms with Gasteiger partial charge in [0.05, 0.1) is 0 Å². The summed E-state index contributed by atoms with van der Waals surface area (Å²) >= 11 is -2.39. The summed E-state index contributed by atoms with van der Waals surface area (Å²) in [5, 5.41) is 0. The number of hydrogen-bond acceptors (Lipinski definition) is 3. The van der Waals surface area contributed by atoms with E-state index in [1.54, 1.807) is 0 Å². The van der Waals surface area contributed by atoms with E-state index in [-0.39, 0.29) is 0 Å². The first-order valence-corrected chi connectivity index (χ1v) is 10.0. The number of rotatable bonds is 4. The SMILES string of the molecule is CCCC#CI(OS(C)(=O)=O)c1ccccc1. The van der Waals surface area contributed by atoms with Crippen molar-refractivity contribution in [3.05, 3.63) is 33.9 Å². The van der Waals surface area contributed by atoms with Gasteiger partial charge in [0, 0.05) is 0 Å². The van der Waals surface area contributed by atoms with Crippen LogP contribution in [0.4, 0.5) is 0 Å². The summed E-state index contributed by atoms with van der Waals surface area (Å²) in [6.45, 7) is 2.03. The predicted octanol–water partition coefficient (Wildman–Crippen LogP) is 3.01. The van der Waals surface area contributed by atoms with Crippen LogP contribution < -0.4 is 0 Å². The molecule has 0 aliphatic rings. The molecule has 1 aromatic rings. The number of benzene rings is 1. The molecule has 0 aliphatic carbocycles. The topological polar surface area (TPSA) is 43.4 Å². The molecule has 0 fully saturated rings. The first-order chi connectivity index (χ1) is 8.03. The van der Waals surface area contributed by atoms with Gasteiger partial charge in [0.25, 0.3) is 0 Å². The molecule has 0 spiro atoms. The minimum atomic E-state index is -3.44. The van der Waals surface area contributed by atoms with E-state index in [4.69, 9.17) is 2.51 Å². The molecule has 0 radical (unpaired) electrons. The zero-order valence-electron chi connectivity index (χ0n) is 9.81. The van der Waals surface area contributed by atoms with E-state index in [2.05, 4.69) is 9.85 Å². The second-order valence-corrected chi connectivity index (χ2v) is 9.15. The summed E-state index contributed by atoms with van der Waals surface area (Å²) < 4.78 is 31.4. The van der Waals surface area contributed by atoms with E-state index in [1.807, 2.05) is 37.3 Å². The molecular weight excluding hydrogens is 351 g/mol. The monoisotopic (exact) mass is 366 g/mol. The van der Waals surface area contributed by atoms with Crippen molar-refractivity contribution < 1.29 is 10.9 Å². The first kappa shape index (κ1) is 14.5. The second-order valence-electron chi connectivity index (χ2n) is 3.33. The van der Waals surface area contributed by atoms with E-state index in [1.165, 1.54) is 0 Å². The van der Waals surface area contributed by atoms with E-state index in [9.17, 15) is 8.42 Å². The summed E-state index contributed by atoms with van der Waals surface area (Å²) in [5.74, 6) is 2.99. The summed E-state index contributed by atoms with van der Waals surface area (Å²) in [6, 6.07) is 9.37. The van der Waals surface area contributed by atoms with Gasteiger partial charge in [-0.05, 0) is 0 Å². The van der Waals surface area contributed by atoms with Crippen LogP contribution in [-0.2, 0) is 12.6 Å². The number of halogens is 1. The van der Waals surface area contributed by atoms with Gasteiger partial charge in [-0.2, -0.15) is 0 Å². The van der Waals surface area contributed by atoms with Crippen LogP contribution in [0.5, 0.6) is 0 Å². The Morgan fingerprint density at radius 1 is 1.29 bits per heavy atom. The fourth-order valence-electron chi connectivity index (χ4n) is 0.983. The van der Waals surface area contributed by atoms with Gasteiger partial charge in [0.15, 0.2) is 0 Å². The first-order valence-electron chi connectivity index (χ1n) is 5.16. The molecule has 0 unspecified atom stereocenters.